The SMILES string of the molecule is CCCCN(C)c1ccc(CNCC)cc1OCC. The first-order valence-electron chi connectivity index (χ1n) is 7.40. The first kappa shape index (κ1) is 15.8. The summed E-state index contributed by atoms with van der Waals surface area (Å²) in [6.45, 7) is 10.0. The van der Waals surface area contributed by atoms with Crippen molar-refractivity contribution in [2.45, 2.75) is 40.2 Å². The second-order valence-corrected chi connectivity index (χ2v) is 4.79. The molecule has 0 aromatic heterocycles. The summed E-state index contributed by atoms with van der Waals surface area (Å²) in [6, 6.07) is 6.51. The Labute approximate surface area is 118 Å². The summed E-state index contributed by atoms with van der Waals surface area (Å²) in [5, 5.41) is 3.35. The first-order chi connectivity index (χ1) is 9.22. The number of ether oxygens (including phenoxy) is 1. The van der Waals surface area contributed by atoms with Crippen LogP contribution in [0.1, 0.15) is 39.2 Å². The maximum atomic E-state index is 5.79. The molecule has 0 unspecified atom stereocenters. The van der Waals surface area contributed by atoms with Crippen molar-refractivity contribution in [1.29, 1.82) is 0 Å². The van der Waals surface area contributed by atoms with Crippen molar-refractivity contribution < 1.29 is 4.74 Å². The molecule has 0 aliphatic rings. The van der Waals surface area contributed by atoms with E-state index in [9.17, 15) is 0 Å². The minimum absolute atomic E-state index is 0.708. The Morgan fingerprint density at radius 1 is 1.21 bits per heavy atom. The van der Waals surface area contributed by atoms with Crippen LogP contribution in [-0.2, 0) is 6.54 Å². The van der Waals surface area contributed by atoms with Gasteiger partial charge in [-0.1, -0.05) is 26.3 Å². The lowest BCUT2D eigenvalue weighted by atomic mass is 10.1. The van der Waals surface area contributed by atoms with Gasteiger partial charge in [0.25, 0.3) is 0 Å². The van der Waals surface area contributed by atoms with Crippen LogP contribution >= 0.6 is 0 Å². The van der Waals surface area contributed by atoms with Gasteiger partial charge >= 0.3 is 0 Å². The van der Waals surface area contributed by atoms with Crippen molar-refractivity contribution in [2.75, 3.05) is 31.6 Å². The van der Waals surface area contributed by atoms with Crippen LogP contribution in [0.25, 0.3) is 0 Å². The summed E-state index contributed by atoms with van der Waals surface area (Å²) in [5.74, 6) is 0.997. The van der Waals surface area contributed by atoms with Gasteiger partial charge in [0.05, 0.1) is 12.3 Å². The Morgan fingerprint density at radius 3 is 2.63 bits per heavy atom. The van der Waals surface area contributed by atoms with Gasteiger partial charge in [-0.05, 0) is 37.6 Å². The molecule has 0 radical (unpaired) electrons. The predicted octanol–water partition coefficient (Wildman–Crippen LogP) is 3.43. The van der Waals surface area contributed by atoms with Crippen molar-refractivity contribution in [3.8, 4) is 5.75 Å². The molecule has 3 heteroatoms. The van der Waals surface area contributed by atoms with Gasteiger partial charge in [-0.3, -0.25) is 0 Å². The number of unbranched alkanes of at least 4 members (excludes halogenated alkanes) is 1. The predicted molar refractivity (Wildman–Crippen MR) is 83.2 cm³/mol. The van der Waals surface area contributed by atoms with E-state index >= 15 is 0 Å². The Morgan fingerprint density at radius 2 is 2.00 bits per heavy atom. The molecule has 108 valence electrons. The first-order valence-corrected chi connectivity index (χ1v) is 7.40. The van der Waals surface area contributed by atoms with Gasteiger partial charge in [-0.15, -0.1) is 0 Å². The largest absolute Gasteiger partial charge is 0.492 e. The Bertz CT molecular complexity index is 366. The van der Waals surface area contributed by atoms with Crippen molar-refractivity contribution in [1.82, 2.24) is 5.32 Å². The average molecular weight is 264 g/mol. The second-order valence-electron chi connectivity index (χ2n) is 4.79. The van der Waals surface area contributed by atoms with Crippen molar-refractivity contribution >= 4 is 5.69 Å². The highest BCUT2D eigenvalue weighted by Crippen LogP contribution is 2.29. The summed E-state index contributed by atoms with van der Waals surface area (Å²) in [7, 11) is 2.14. The molecule has 19 heavy (non-hydrogen) atoms. The highest BCUT2D eigenvalue weighted by atomic mass is 16.5. The van der Waals surface area contributed by atoms with Gasteiger partial charge in [-0.2, -0.15) is 0 Å². The van der Waals surface area contributed by atoms with E-state index in [4.69, 9.17) is 4.74 Å². The Hall–Kier alpha value is -1.22. The van der Waals surface area contributed by atoms with E-state index in [1.54, 1.807) is 0 Å². The average Bonchev–Trinajstić information content (AvgIpc) is 2.43. The molecule has 0 aliphatic heterocycles. The van der Waals surface area contributed by atoms with Crippen molar-refractivity contribution in [3.05, 3.63) is 23.8 Å². The molecular weight excluding hydrogens is 236 g/mol. The zero-order valence-corrected chi connectivity index (χ0v) is 12.8. The van der Waals surface area contributed by atoms with E-state index in [0.29, 0.717) is 6.61 Å². The summed E-state index contributed by atoms with van der Waals surface area (Å²) in [5.41, 5.74) is 2.47. The number of hydrogen-bond acceptors (Lipinski definition) is 3. The maximum Gasteiger partial charge on any atom is 0.142 e. The molecule has 3 nitrogen and oxygen atoms in total. The van der Waals surface area contributed by atoms with Gasteiger partial charge in [0.1, 0.15) is 5.75 Å². The Kier molecular flexibility index (Phi) is 7.34. The summed E-state index contributed by atoms with van der Waals surface area (Å²) >= 11 is 0. The van der Waals surface area contributed by atoms with E-state index < -0.39 is 0 Å². The molecule has 0 aliphatic carbocycles. The summed E-state index contributed by atoms with van der Waals surface area (Å²) in [6.07, 6.45) is 2.42. The molecule has 1 rings (SSSR count). The third-order valence-corrected chi connectivity index (χ3v) is 3.16. The fraction of sp³-hybridized carbons (Fsp3) is 0.625. The standard InChI is InChI=1S/C16H28N2O/c1-5-8-11-18(4)15-10-9-14(13-17-6-2)12-16(15)19-7-3/h9-10,12,17H,5-8,11,13H2,1-4H3. The van der Waals surface area contributed by atoms with E-state index in [1.807, 2.05) is 6.92 Å². The van der Waals surface area contributed by atoms with Crippen LogP contribution in [-0.4, -0.2) is 26.7 Å². The third kappa shape index (κ3) is 5.11. The number of rotatable bonds is 9. The molecule has 1 aromatic rings. The second kappa shape index (κ2) is 8.81. The summed E-state index contributed by atoms with van der Waals surface area (Å²) < 4.78 is 5.79. The topological polar surface area (TPSA) is 24.5 Å². The molecule has 0 heterocycles. The van der Waals surface area contributed by atoms with Crippen LogP contribution in [0.4, 0.5) is 5.69 Å². The quantitative estimate of drug-likeness (QED) is 0.739. The zero-order chi connectivity index (χ0) is 14.1. The minimum atomic E-state index is 0.708. The monoisotopic (exact) mass is 264 g/mol. The lowest BCUT2D eigenvalue weighted by Crippen LogP contribution is -2.19. The van der Waals surface area contributed by atoms with Crippen LogP contribution in [0.5, 0.6) is 5.75 Å². The molecule has 0 saturated carbocycles. The van der Waals surface area contributed by atoms with Crippen molar-refractivity contribution in [3.63, 3.8) is 0 Å². The fourth-order valence-electron chi connectivity index (χ4n) is 2.04. The molecule has 0 amide bonds. The van der Waals surface area contributed by atoms with Crippen LogP contribution in [0.15, 0.2) is 18.2 Å². The van der Waals surface area contributed by atoms with E-state index in [2.05, 4.69) is 49.3 Å². The number of hydrogen-bond donors (Lipinski definition) is 1. The number of nitrogens with zero attached hydrogens (tertiary/aromatic N) is 1. The lowest BCUT2D eigenvalue weighted by molar-refractivity contribution is 0.340. The molecule has 1 N–H and O–H groups in total. The van der Waals surface area contributed by atoms with Gasteiger partial charge in [0, 0.05) is 20.1 Å². The number of anilines is 1. The Balaban J connectivity index is 2.83. The molecule has 0 fully saturated rings. The highest BCUT2D eigenvalue weighted by molar-refractivity contribution is 5.59. The third-order valence-electron chi connectivity index (χ3n) is 3.16. The highest BCUT2D eigenvalue weighted by Gasteiger charge is 2.09. The normalized spacial score (nSPS) is 10.5. The molecule has 0 spiro atoms. The van der Waals surface area contributed by atoms with Crippen LogP contribution in [0.3, 0.4) is 0 Å². The van der Waals surface area contributed by atoms with Gasteiger partial charge in [0.2, 0.25) is 0 Å². The molecule has 1 aromatic carbocycles. The molecule has 0 atom stereocenters. The van der Waals surface area contributed by atoms with E-state index in [0.717, 1.165) is 25.4 Å². The molecular formula is C16H28N2O. The number of benzene rings is 1. The lowest BCUT2D eigenvalue weighted by Gasteiger charge is -2.22. The zero-order valence-electron chi connectivity index (χ0n) is 12.8. The van der Waals surface area contributed by atoms with E-state index in [-0.39, 0.29) is 0 Å². The van der Waals surface area contributed by atoms with Gasteiger partial charge < -0.3 is 15.0 Å². The molecule has 0 bridgehead atoms. The fourth-order valence-corrected chi connectivity index (χ4v) is 2.04. The van der Waals surface area contributed by atoms with Crippen LogP contribution in [0.2, 0.25) is 0 Å². The smallest absolute Gasteiger partial charge is 0.142 e. The maximum absolute atomic E-state index is 5.79. The van der Waals surface area contributed by atoms with Crippen LogP contribution in [0, 0.1) is 0 Å². The van der Waals surface area contributed by atoms with Gasteiger partial charge in [0.15, 0.2) is 0 Å². The molecule has 0 saturated heterocycles. The minimum Gasteiger partial charge on any atom is -0.492 e. The van der Waals surface area contributed by atoms with Crippen LogP contribution < -0.4 is 15.0 Å². The van der Waals surface area contributed by atoms with Gasteiger partial charge in [-0.25, -0.2) is 0 Å². The number of nitrogens with one attached hydrogen (secondary N) is 1. The van der Waals surface area contributed by atoms with Crippen molar-refractivity contribution in [2.24, 2.45) is 0 Å². The summed E-state index contributed by atoms with van der Waals surface area (Å²) in [4.78, 5) is 2.28. The van der Waals surface area contributed by atoms with E-state index in [1.165, 1.54) is 24.1 Å².